The summed E-state index contributed by atoms with van der Waals surface area (Å²) in [6.07, 6.45) is 1.52. The maximum Gasteiger partial charge on any atom is 0.500 e. The highest BCUT2D eigenvalue weighted by atomic mass is 28.4. The first-order chi connectivity index (χ1) is 12.8. The van der Waals surface area contributed by atoms with Gasteiger partial charge in [-0.1, -0.05) is 6.58 Å². The van der Waals surface area contributed by atoms with E-state index in [-0.39, 0.29) is 5.97 Å². The van der Waals surface area contributed by atoms with Crippen molar-refractivity contribution >= 4 is 23.6 Å². The molecule has 11 heteroatoms. The lowest BCUT2D eigenvalue weighted by Gasteiger charge is -2.24. The van der Waals surface area contributed by atoms with Gasteiger partial charge in [0, 0.05) is 60.3 Å². The molecule has 0 aromatic heterocycles. The van der Waals surface area contributed by atoms with Gasteiger partial charge in [-0.25, -0.2) is 4.79 Å². The molecule has 0 bridgehead atoms. The number of esters is 1. The van der Waals surface area contributed by atoms with E-state index in [2.05, 4.69) is 6.58 Å². The summed E-state index contributed by atoms with van der Waals surface area (Å²) in [5.74, 6) is -0.375. The van der Waals surface area contributed by atoms with Crippen LogP contribution in [0.1, 0.15) is 19.8 Å². The van der Waals surface area contributed by atoms with Crippen LogP contribution >= 0.6 is 0 Å². The largest absolute Gasteiger partial charge is 0.500 e. The van der Waals surface area contributed by atoms with E-state index in [1.54, 1.807) is 49.6 Å². The van der Waals surface area contributed by atoms with Crippen molar-refractivity contribution in [3.05, 3.63) is 12.2 Å². The Balaban J connectivity index is 0. The summed E-state index contributed by atoms with van der Waals surface area (Å²) in [5.41, 5.74) is 5.75. The van der Waals surface area contributed by atoms with Crippen molar-refractivity contribution in [2.45, 2.75) is 31.9 Å². The normalized spacial score (nSPS) is 11.6. The standard InChI is InChI=1S/C10H20O5Si.C6H17NO3Si/c1-9(2)10(11)15-7-6-8-16(12-3,13-4)14-5;1-8-11(9-2,10-3)6-4-5-7/h1,6-8H2,2-5H3;4-7H2,1-3H3. The van der Waals surface area contributed by atoms with Crippen LogP contribution in [0.3, 0.4) is 0 Å². The maximum absolute atomic E-state index is 11.1. The molecule has 0 saturated heterocycles. The molecule has 0 aliphatic carbocycles. The lowest BCUT2D eigenvalue weighted by molar-refractivity contribution is -0.139. The summed E-state index contributed by atoms with van der Waals surface area (Å²) in [5, 5.41) is 0. The third-order valence-corrected chi connectivity index (χ3v) is 9.43. The molecule has 0 rings (SSSR count). The molecule has 9 nitrogen and oxygen atoms in total. The number of carbonyl (C=O) groups is 1. The van der Waals surface area contributed by atoms with Crippen molar-refractivity contribution in [1.82, 2.24) is 0 Å². The number of hydrogen-bond donors (Lipinski definition) is 1. The highest BCUT2D eigenvalue weighted by Crippen LogP contribution is 2.15. The van der Waals surface area contributed by atoms with Crippen molar-refractivity contribution in [2.75, 3.05) is 55.8 Å². The Morgan fingerprint density at radius 1 is 0.815 bits per heavy atom. The molecule has 0 amide bonds. The minimum absolute atomic E-state index is 0.316. The molecule has 0 aromatic carbocycles. The topological polar surface area (TPSA) is 108 Å². The van der Waals surface area contributed by atoms with Crippen molar-refractivity contribution in [3.63, 3.8) is 0 Å². The molecule has 0 unspecified atom stereocenters. The number of carbonyl (C=O) groups excluding carboxylic acids is 1. The molecule has 162 valence electrons. The third-order valence-electron chi connectivity index (χ3n) is 3.76. The average molecular weight is 428 g/mol. The summed E-state index contributed by atoms with van der Waals surface area (Å²) in [6.45, 7) is 6.06. The van der Waals surface area contributed by atoms with E-state index >= 15 is 0 Å². The van der Waals surface area contributed by atoms with E-state index in [9.17, 15) is 4.79 Å². The van der Waals surface area contributed by atoms with E-state index < -0.39 is 17.6 Å². The van der Waals surface area contributed by atoms with Crippen LogP contribution in [0.4, 0.5) is 0 Å². The van der Waals surface area contributed by atoms with E-state index in [1.165, 1.54) is 0 Å². The number of hydrogen-bond acceptors (Lipinski definition) is 9. The van der Waals surface area contributed by atoms with Gasteiger partial charge in [0.15, 0.2) is 0 Å². The minimum Gasteiger partial charge on any atom is -0.462 e. The molecule has 0 heterocycles. The zero-order chi connectivity index (χ0) is 21.3. The summed E-state index contributed by atoms with van der Waals surface area (Å²) in [7, 11) is 4.64. The summed E-state index contributed by atoms with van der Waals surface area (Å²) in [4.78, 5) is 11.1. The van der Waals surface area contributed by atoms with E-state index in [0.717, 1.165) is 12.5 Å². The van der Waals surface area contributed by atoms with Gasteiger partial charge in [0.2, 0.25) is 0 Å². The van der Waals surface area contributed by atoms with Gasteiger partial charge in [0.05, 0.1) is 6.61 Å². The highest BCUT2D eigenvalue weighted by Gasteiger charge is 2.37. The van der Waals surface area contributed by atoms with Gasteiger partial charge < -0.3 is 37.0 Å². The second-order valence-corrected chi connectivity index (χ2v) is 11.7. The molecule has 0 atom stereocenters. The molecule has 2 N–H and O–H groups in total. The SMILES string of the molecule is C=C(C)C(=O)OCCC[Si](OC)(OC)OC.CO[Si](CCCN)(OC)OC. The van der Waals surface area contributed by atoms with Crippen LogP contribution in [0, 0.1) is 0 Å². The van der Waals surface area contributed by atoms with Gasteiger partial charge in [-0.15, -0.1) is 0 Å². The Morgan fingerprint density at radius 3 is 1.48 bits per heavy atom. The molecule has 0 aromatic rings. The molecule has 0 saturated carbocycles. The number of rotatable bonds is 14. The molecule has 0 aliphatic rings. The second-order valence-electron chi connectivity index (χ2n) is 5.50. The Morgan fingerprint density at radius 2 is 1.19 bits per heavy atom. The van der Waals surface area contributed by atoms with Gasteiger partial charge in [0.25, 0.3) is 0 Å². The van der Waals surface area contributed by atoms with Gasteiger partial charge in [-0.3, -0.25) is 0 Å². The first kappa shape index (κ1) is 28.6. The first-order valence-electron chi connectivity index (χ1n) is 8.59. The van der Waals surface area contributed by atoms with Crippen LogP contribution in [0.25, 0.3) is 0 Å². The maximum atomic E-state index is 11.1. The molecular formula is C16H37NO8Si2. The summed E-state index contributed by atoms with van der Waals surface area (Å²) >= 11 is 0. The fourth-order valence-corrected chi connectivity index (χ4v) is 5.45. The quantitative estimate of drug-likeness (QED) is 0.191. The fraction of sp³-hybridized carbons (Fsp3) is 0.812. The number of ether oxygens (including phenoxy) is 1. The zero-order valence-electron chi connectivity index (χ0n) is 17.8. The van der Waals surface area contributed by atoms with Crippen LogP contribution in [0.15, 0.2) is 12.2 Å². The molecular weight excluding hydrogens is 390 g/mol. The smallest absolute Gasteiger partial charge is 0.462 e. The van der Waals surface area contributed by atoms with Crippen LogP contribution in [0.5, 0.6) is 0 Å². The van der Waals surface area contributed by atoms with Gasteiger partial charge in [-0.2, -0.15) is 0 Å². The van der Waals surface area contributed by atoms with Crippen molar-refractivity contribution in [3.8, 4) is 0 Å². The van der Waals surface area contributed by atoms with Gasteiger partial charge >= 0.3 is 23.6 Å². The minimum atomic E-state index is -2.53. The molecule has 0 spiro atoms. The van der Waals surface area contributed by atoms with Crippen LogP contribution in [-0.4, -0.2) is 79.4 Å². The molecule has 27 heavy (non-hydrogen) atoms. The van der Waals surface area contributed by atoms with E-state index in [0.29, 0.717) is 31.2 Å². The second kappa shape index (κ2) is 16.3. The number of nitrogens with two attached hydrogens (primary N) is 1. The van der Waals surface area contributed by atoms with Crippen molar-refractivity contribution in [2.24, 2.45) is 5.73 Å². The Hall–Kier alpha value is -0.636. The lowest BCUT2D eigenvalue weighted by Crippen LogP contribution is -2.42. The van der Waals surface area contributed by atoms with E-state index in [1.807, 2.05) is 0 Å². The fourth-order valence-electron chi connectivity index (χ4n) is 2.01. The highest BCUT2D eigenvalue weighted by molar-refractivity contribution is 6.60. The predicted octanol–water partition coefficient (Wildman–Crippen LogP) is 1.59. The Kier molecular flexibility index (Phi) is 17.3. The molecule has 0 radical (unpaired) electrons. The van der Waals surface area contributed by atoms with Crippen molar-refractivity contribution in [1.29, 1.82) is 0 Å². The monoisotopic (exact) mass is 427 g/mol. The average Bonchev–Trinajstić information content (AvgIpc) is 2.70. The Bertz CT molecular complexity index is 387. The van der Waals surface area contributed by atoms with Crippen LogP contribution in [0.2, 0.25) is 12.1 Å². The van der Waals surface area contributed by atoms with Crippen LogP contribution in [-0.2, 0) is 36.1 Å². The summed E-state index contributed by atoms with van der Waals surface area (Å²) < 4.78 is 36.2. The summed E-state index contributed by atoms with van der Waals surface area (Å²) in [6, 6.07) is 1.40. The zero-order valence-corrected chi connectivity index (χ0v) is 19.8. The van der Waals surface area contributed by atoms with Gasteiger partial charge in [-0.05, 0) is 26.3 Å². The van der Waals surface area contributed by atoms with Gasteiger partial charge in [0.1, 0.15) is 0 Å². The predicted molar refractivity (Wildman–Crippen MR) is 107 cm³/mol. The molecule has 0 fully saturated rings. The van der Waals surface area contributed by atoms with Crippen molar-refractivity contribution < 1.29 is 36.1 Å². The molecule has 0 aliphatic heterocycles. The van der Waals surface area contributed by atoms with Crippen LogP contribution < -0.4 is 5.73 Å². The first-order valence-corrected chi connectivity index (χ1v) is 12.5. The third kappa shape index (κ3) is 11.7. The Labute approximate surface area is 165 Å². The van der Waals surface area contributed by atoms with E-state index in [4.69, 9.17) is 37.0 Å². The lowest BCUT2D eigenvalue weighted by atomic mass is 10.4.